The van der Waals surface area contributed by atoms with E-state index >= 15 is 0 Å². The lowest BCUT2D eigenvalue weighted by Gasteiger charge is -2.07. The number of esters is 1. The first-order valence-corrected chi connectivity index (χ1v) is 5.26. The van der Waals surface area contributed by atoms with Crippen molar-refractivity contribution in [1.29, 1.82) is 0 Å². The quantitative estimate of drug-likeness (QED) is 0.674. The summed E-state index contributed by atoms with van der Waals surface area (Å²) in [5, 5.41) is 9.32. The molecule has 0 amide bonds. The summed E-state index contributed by atoms with van der Waals surface area (Å²) in [5.74, 6) is -1.13. The number of ether oxygens (including phenoxy) is 1. The van der Waals surface area contributed by atoms with E-state index < -0.39 is 23.8 Å². The third kappa shape index (κ3) is 3.00. The summed E-state index contributed by atoms with van der Waals surface area (Å²) >= 11 is 1.69. The fourth-order valence-electron chi connectivity index (χ4n) is 1.04. The standard InChI is InChI=1S/C9H8F2INO3/c1-16-6(14)3-4-2-5(12)8(15)7(13-4)9(10)11/h2,9,15H,3H2,1H3. The molecular formula is C9H8F2INO3. The summed E-state index contributed by atoms with van der Waals surface area (Å²) in [4.78, 5) is 14.5. The van der Waals surface area contributed by atoms with E-state index in [1.807, 2.05) is 0 Å². The van der Waals surface area contributed by atoms with Crippen molar-refractivity contribution in [2.24, 2.45) is 0 Å². The number of hydrogen-bond acceptors (Lipinski definition) is 4. The summed E-state index contributed by atoms with van der Waals surface area (Å²) in [6, 6.07) is 1.36. The maximum absolute atomic E-state index is 12.5. The molecule has 0 aliphatic heterocycles. The number of hydrogen-bond donors (Lipinski definition) is 1. The second kappa shape index (κ2) is 5.37. The van der Waals surface area contributed by atoms with Crippen LogP contribution in [0.15, 0.2) is 6.07 Å². The van der Waals surface area contributed by atoms with Crippen molar-refractivity contribution in [2.75, 3.05) is 7.11 Å². The van der Waals surface area contributed by atoms with Gasteiger partial charge >= 0.3 is 5.97 Å². The second-order valence-corrected chi connectivity index (χ2v) is 4.05. The molecule has 88 valence electrons. The van der Waals surface area contributed by atoms with Crippen LogP contribution in [0, 0.1) is 3.57 Å². The van der Waals surface area contributed by atoms with Crippen molar-refractivity contribution in [2.45, 2.75) is 12.8 Å². The maximum atomic E-state index is 12.5. The van der Waals surface area contributed by atoms with Gasteiger partial charge in [-0.3, -0.25) is 4.79 Å². The molecule has 0 aromatic carbocycles. The van der Waals surface area contributed by atoms with Crippen LogP contribution in [0.3, 0.4) is 0 Å². The van der Waals surface area contributed by atoms with E-state index in [9.17, 15) is 18.7 Å². The molecule has 0 aliphatic rings. The first-order chi connectivity index (χ1) is 7.45. The maximum Gasteiger partial charge on any atom is 0.311 e. The van der Waals surface area contributed by atoms with E-state index in [2.05, 4.69) is 9.72 Å². The van der Waals surface area contributed by atoms with Crippen LogP contribution in [-0.4, -0.2) is 23.2 Å². The van der Waals surface area contributed by atoms with E-state index in [0.29, 0.717) is 0 Å². The molecule has 0 bridgehead atoms. The monoisotopic (exact) mass is 343 g/mol. The number of nitrogens with zero attached hydrogens (tertiary/aromatic N) is 1. The molecule has 0 spiro atoms. The van der Waals surface area contributed by atoms with E-state index in [1.165, 1.54) is 13.2 Å². The molecule has 0 atom stereocenters. The first kappa shape index (κ1) is 13.1. The molecule has 0 aliphatic carbocycles. The summed E-state index contributed by atoms with van der Waals surface area (Å²) in [6.07, 6.45) is -3.09. The SMILES string of the molecule is COC(=O)Cc1cc(I)c(O)c(C(F)F)n1. The fraction of sp³-hybridized carbons (Fsp3) is 0.333. The van der Waals surface area contributed by atoms with Gasteiger partial charge in [-0.1, -0.05) is 0 Å². The van der Waals surface area contributed by atoms with Crippen LogP contribution >= 0.6 is 22.6 Å². The lowest BCUT2D eigenvalue weighted by atomic mass is 10.2. The number of carbonyl (C=O) groups is 1. The van der Waals surface area contributed by atoms with Gasteiger partial charge in [-0.15, -0.1) is 0 Å². The van der Waals surface area contributed by atoms with Crippen LogP contribution in [0.2, 0.25) is 0 Å². The molecule has 4 nitrogen and oxygen atoms in total. The highest BCUT2D eigenvalue weighted by Gasteiger charge is 2.19. The largest absolute Gasteiger partial charge is 0.505 e. The average molecular weight is 343 g/mol. The molecule has 1 N–H and O–H groups in total. The highest BCUT2D eigenvalue weighted by Crippen LogP contribution is 2.30. The van der Waals surface area contributed by atoms with Crippen molar-refractivity contribution in [1.82, 2.24) is 4.98 Å². The van der Waals surface area contributed by atoms with Crippen molar-refractivity contribution < 1.29 is 23.4 Å². The zero-order chi connectivity index (χ0) is 12.3. The second-order valence-electron chi connectivity index (χ2n) is 2.88. The van der Waals surface area contributed by atoms with Gasteiger partial charge in [0, 0.05) is 0 Å². The molecule has 0 unspecified atom stereocenters. The van der Waals surface area contributed by atoms with Crippen LogP contribution in [0.4, 0.5) is 8.78 Å². The first-order valence-electron chi connectivity index (χ1n) is 4.19. The number of aromatic nitrogens is 1. The third-order valence-corrected chi connectivity index (χ3v) is 2.61. The normalized spacial score (nSPS) is 10.6. The van der Waals surface area contributed by atoms with Gasteiger partial charge in [0.05, 0.1) is 22.8 Å². The molecule has 16 heavy (non-hydrogen) atoms. The third-order valence-electron chi connectivity index (χ3n) is 1.79. The molecule has 1 heterocycles. The Morgan fingerprint density at radius 2 is 2.31 bits per heavy atom. The smallest absolute Gasteiger partial charge is 0.311 e. The predicted molar refractivity (Wildman–Crippen MR) is 59.3 cm³/mol. The Bertz CT molecular complexity index is 412. The Kier molecular flexibility index (Phi) is 4.39. The Labute approximate surface area is 104 Å². The van der Waals surface area contributed by atoms with Crippen molar-refractivity contribution in [3.05, 3.63) is 21.0 Å². The number of alkyl halides is 2. The molecule has 0 fully saturated rings. The summed E-state index contributed by atoms with van der Waals surface area (Å²) in [5.41, 5.74) is -0.574. The highest BCUT2D eigenvalue weighted by atomic mass is 127. The zero-order valence-corrected chi connectivity index (χ0v) is 10.4. The number of rotatable bonds is 3. The van der Waals surface area contributed by atoms with Crippen LogP contribution in [0.5, 0.6) is 5.75 Å². The highest BCUT2D eigenvalue weighted by molar-refractivity contribution is 14.1. The van der Waals surface area contributed by atoms with Gasteiger partial charge in [0.2, 0.25) is 0 Å². The number of aromatic hydroxyl groups is 1. The minimum atomic E-state index is -2.88. The molecule has 0 saturated carbocycles. The van der Waals surface area contributed by atoms with Crippen molar-refractivity contribution in [3.8, 4) is 5.75 Å². The lowest BCUT2D eigenvalue weighted by molar-refractivity contribution is -0.139. The summed E-state index contributed by atoms with van der Waals surface area (Å²) in [6.45, 7) is 0. The van der Waals surface area contributed by atoms with E-state index in [1.54, 1.807) is 22.6 Å². The Balaban J connectivity index is 3.09. The van der Waals surface area contributed by atoms with Gasteiger partial charge in [-0.2, -0.15) is 0 Å². The average Bonchev–Trinajstić information content (AvgIpc) is 2.22. The number of pyridine rings is 1. The Morgan fingerprint density at radius 3 is 2.81 bits per heavy atom. The van der Waals surface area contributed by atoms with Gasteiger partial charge in [-0.25, -0.2) is 13.8 Å². The minimum Gasteiger partial charge on any atom is -0.505 e. The molecule has 1 rings (SSSR count). The fourth-order valence-corrected chi connectivity index (χ4v) is 1.68. The number of carbonyl (C=O) groups excluding carboxylic acids is 1. The van der Waals surface area contributed by atoms with E-state index in [-0.39, 0.29) is 15.7 Å². The van der Waals surface area contributed by atoms with E-state index in [0.717, 1.165) is 0 Å². The number of methoxy groups -OCH3 is 1. The van der Waals surface area contributed by atoms with Gasteiger partial charge in [-0.05, 0) is 28.7 Å². The summed E-state index contributed by atoms with van der Waals surface area (Å²) < 4.78 is 29.5. The van der Waals surface area contributed by atoms with Crippen molar-refractivity contribution >= 4 is 28.6 Å². The van der Waals surface area contributed by atoms with Gasteiger partial charge in [0.15, 0.2) is 5.75 Å². The molecule has 1 aromatic rings. The predicted octanol–water partition coefficient (Wildman–Crippen LogP) is 2.04. The lowest BCUT2D eigenvalue weighted by Crippen LogP contribution is -2.08. The zero-order valence-electron chi connectivity index (χ0n) is 8.21. The van der Waals surface area contributed by atoms with Gasteiger partial charge in [0.25, 0.3) is 6.43 Å². The number of halogens is 3. The Morgan fingerprint density at radius 1 is 1.69 bits per heavy atom. The molecular weight excluding hydrogens is 335 g/mol. The van der Waals surface area contributed by atoms with Crippen LogP contribution in [0.1, 0.15) is 17.8 Å². The summed E-state index contributed by atoms with van der Waals surface area (Å²) in [7, 11) is 1.20. The topological polar surface area (TPSA) is 59.4 Å². The van der Waals surface area contributed by atoms with Crippen LogP contribution in [-0.2, 0) is 16.0 Å². The van der Waals surface area contributed by atoms with Crippen LogP contribution in [0.25, 0.3) is 0 Å². The van der Waals surface area contributed by atoms with Crippen LogP contribution < -0.4 is 0 Å². The Hall–Kier alpha value is -0.990. The molecule has 0 saturated heterocycles. The van der Waals surface area contributed by atoms with E-state index in [4.69, 9.17) is 0 Å². The van der Waals surface area contributed by atoms with Crippen molar-refractivity contribution in [3.63, 3.8) is 0 Å². The van der Waals surface area contributed by atoms with Gasteiger partial charge < -0.3 is 9.84 Å². The molecule has 1 aromatic heterocycles. The minimum absolute atomic E-state index is 0.143. The van der Waals surface area contributed by atoms with Gasteiger partial charge in [0.1, 0.15) is 5.69 Å². The molecule has 7 heteroatoms. The molecule has 0 radical (unpaired) electrons.